The standard InChI is InChI=1S/C26H36N2O/c1-3-24-13-19-12-23(22(29)28-21-9-10-27-18(2)11-21)15-25(17-24,26(24,14-19)16-23)20-7-5-4-6-8-20/h4-8,18-19,21,27H,3,9-17H2,1-2H3,(H,28,29)/t18-,19?,21+,23?,24-,25-,26?/m1/s1. The van der Waals surface area contributed by atoms with E-state index in [1.54, 1.807) is 0 Å². The number of amides is 1. The number of carbonyl (C=O) groups is 1. The molecule has 7 atom stereocenters. The molecule has 4 aliphatic carbocycles. The highest BCUT2D eigenvalue weighted by molar-refractivity contribution is 5.85. The number of rotatable bonds is 4. The quantitative estimate of drug-likeness (QED) is 0.789. The fourth-order valence-corrected chi connectivity index (χ4v) is 9.53. The van der Waals surface area contributed by atoms with Gasteiger partial charge in [0.15, 0.2) is 0 Å². The van der Waals surface area contributed by atoms with Crippen LogP contribution in [-0.4, -0.2) is 24.5 Å². The van der Waals surface area contributed by atoms with E-state index in [1.807, 2.05) is 0 Å². The summed E-state index contributed by atoms with van der Waals surface area (Å²) >= 11 is 0. The molecule has 3 bridgehead atoms. The van der Waals surface area contributed by atoms with Gasteiger partial charge >= 0.3 is 0 Å². The van der Waals surface area contributed by atoms with Crippen LogP contribution >= 0.6 is 0 Å². The zero-order valence-electron chi connectivity index (χ0n) is 18.1. The normalized spacial score (nSPS) is 49.5. The van der Waals surface area contributed by atoms with Crippen molar-refractivity contribution in [3.8, 4) is 0 Å². The van der Waals surface area contributed by atoms with Gasteiger partial charge in [-0.1, -0.05) is 37.3 Å². The van der Waals surface area contributed by atoms with Crippen LogP contribution in [0, 0.1) is 22.2 Å². The van der Waals surface area contributed by atoms with Crippen LogP contribution in [0.3, 0.4) is 0 Å². The highest BCUT2D eigenvalue weighted by Gasteiger charge is 2.84. The molecule has 1 amide bonds. The Bertz CT molecular complexity index is 838. The van der Waals surface area contributed by atoms with Crippen LogP contribution in [0.15, 0.2) is 30.3 Å². The van der Waals surface area contributed by atoms with Gasteiger partial charge in [-0.15, -0.1) is 0 Å². The zero-order chi connectivity index (χ0) is 19.9. The first-order chi connectivity index (χ1) is 14.0. The van der Waals surface area contributed by atoms with Crippen molar-refractivity contribution in [3.63, 3.8) is 0 Å². The molecule has 6 rings (SSSR count). The van der Waals surface area contributed by atoms with Gasteiger partial charge in [0.25, 0.3) is 0 Å². The second-order valence-electron chi connectivity index (χ2n) is 11.5. The lowest BCUT2D eigenvalue weighted by Gasteiger charge is -2.67. The summed E-state index contributed by atoms with van der Waals surface area (Å²) in [6.45, 7) is 5.69. The lowest BCUT2D eigenvalue weighted by Crippen LogP contribution is -2.62. The predicted octanol–water partition coefficient (Wildman–Crippen LogP) is 4.56. The van der Waals surface area contributed by atoms with Crippen molar-refractivity contribution < 1.29 is 4.79 Å². The minimum absolute atomic E-state index is 0.125. The molecule has 1 saturated heterocycles. The zero-order valence-corrected chi connectivity index (χ0v) is 18.1. The average Bonchev–Trinajstić information content (AvgIpc) is 3.01. The first-order valence-corrected chi connectivity index (χ1v) is 12.1. The summed E-state index contributed by atoms with van der Waals surface area (Å²) in [6, 6.07) is 12.2. The van der Waals surface area contributed by atoms with Crippen LogP contribution in [0.4, 0.5) is 0 Å². The third kappa shape index (κ3) is 2.16. The van der Waals surface area contributed by atoms with Gasteiger partial charge in [0.05, 0.1) is 5.41 Å². The van der Waals surface area contributed by atoms with Gasteiger partial charge in [-0.2, -0.15) is 0 Å². The van der Waals surface area contributed by atoms with E-state index in [1.165, 1.54) is 31.2 Å². The number of carbonyl (C=O) groups excluding carboxylic acids is 1. The molecule has 156 valence electrons. The fraction of sp³-hybridized carbons (Fsp3) is 0.731. The molecular formula is C26H36N2O. The van der Waals surface area contributed by atoms with Gasteiger partial charge in [-0.3, -0.25) is 4.79 Å². The van der Waals surface area contributed by atoms with E-state index in [0.29, 0.717) is 28.8 Å². The third-order valence-corrected chi connectivity index (χ3v) is 10.3. The number of piperidine rings is 1. The van der Waals surface area contributed by atoms with Gasteiger partial charge in [0, 0.05) is 17.5 Å². The Balaban J connectivity index is 1.37. The van der Waals surface area contributed by atoms with Crippen molar-refractivity contribution in [1.29, 1.82) is 0 Å². The van der Waals surface area contributed by atoms with Crippen molar-refractivity contribution in [2.24, 2.45) is 22.2 Å². The minimum atomic E-state index is -0.125. The molecule has 4 saturated carbocycles. The van der Waals surface area contributed by atoms with Crippen LogP contribution in [-0.2, 0) is 10.2 Å². The van der Waals surface area contributed by atoms with Gasteiger partial charge in [-0.25, -0.2) is 0 Å². The lowest BCUT2D eigenvalue weighted by molar-refractivity contribution is -0.137. The number of nitrogens with one attached hydrogen (secondary N) is 2. The van der Waals surface area contributed by atoms with E-state index in [9.17, 15) is 4.79 Å². The monoisotopic (exact) mass is 392 g/mol. The van der Waals surface area contributed by atoms with Crippen molar-refractivity contribution in [1.82, 2.24) is 10.6 Å². The molecule has 1 aliphatic heterocycles. The van der Waals surface area contributed by atoms with E-state index in [0.717, 1.165) is 44.6 Å². The summed E-state index contributed by atoms with van der Waals surface area (Å²) in [4.78, 5) is 13.9. The number of hydrogen-bond donors (Lipinski definition) is 2. The second kappa shape index (κ2) is 5.87. The Morgan fingerprint density at radius 1 is 1.14 bits per heavy atom. The van der Waals surface area contributed by atoms with Crippen LogP contribution in [0.2, 0.25) is 0 Å². The number of hydrogen-bond acceptors (Lipinski definition) is 2. The molecule has 0 aromatic heterocycles. The summed E-state index contributed by atoms with van der Waals surface area (Å²) in [5, 5.41) is 7.08. The van der Waals surface area contributed by atoms with Gasteiger partial charge in [0.2, 0.25) is 5.91 Å². The Morgan fingerprint density at radius 2 is 1.97 bits per heavy atom. The molecule has 0 radical (unpaired) electrons. The van der Waals surface area contributed by atoms with Crippen molar-refractivity contribution >= 4 is 5.91 Å². The molecule has 2 N–H and O–H groups in total. The molecule has 5 aliphatic rings. The maximum absolute atomic E-state index is 13.9. The Morgan fingerprint density at radius 3 is 2.72 bits per heavy atom. The molecule has 3 heteroatoms. The Kier molecular flexibility index (Phi) is 3.73. The summed E-state index contributed by atoms with van der Waals surface area (Å²) in [5.74, 6) is 1.16. The molecular weight excluding hydrogens is 356 g/mol. The Labute approximate surface area is 175 Å². The largest absolute Gasteiger partial charge is 0.353 e. The van der Waals surface area contributed by atoms with Crippen LogP contribution in [0.5, 0.6) is 0 Å². The smallest absolute Gasteiger partial charge is 0.226 e. The predicted molar refractivity (Wildman–Crippen MR) is 116 cm³/mol. The van der Waals surface area contributed by atoms with Crippen molar-refractivity contribution in [2.75, 3.05) is 6.54 Å². The average molecular weight is 393 g/mol. The van der Waals surface area contributed by atoms with E-state index >= 15 is 0 Å². The van der Waals surface area contributed by atoms with Gasteiger partial charge in [-0.05, 0) is 93.6 Å². The topological polar surface area (TPSA) is 41.1 Å². The summed E-state index contributed by atoms with van der Waals surface area (Å²) in [5.41, 5.74) is 2.51. The molecule has 3 nitrogen and oxygen atoms in total. The summed E-state index contributed by atoms with van der Waals surface area (Å²) in [7, 11) is 0. The highest BCUT2D eigenvalue weighted by atomic mass is 16.2. The SMILES string of the molecule is CC[C@]12CC3CC4(C(=O)N[C@H]5CCN[C@H](C)C5)CC1(C3)[C@](c1ccccc1)(C4)C2. The van der Waals surface area contributed by atoms with E-state index in [4.69, 9.17) is 0 Å². The molecule has 1 aromatic rings. The molecule has 29 heavy (non-hydrogen) atoms. The number of fused-ring (bicyclic) bond motifs is 2. The van der Waals surface area contributed by atoms with E-state index < -0.39 is 0 Å². The van der Waals surface area contributed by atoms with Gasteiger partial charge in [0.1, 0.15) is 0 Å². The third-order valence-electron chi connectivity index (χ3n) is 10.3. The van der Waals surface area contributed by atoms with E-state index in [2.05, 4.69) is 54.8 Å². The van der Waals surface area contributed by atoms with Crippen molar-refractivity contribution in [3.05, 3.63) is 35.9 Å². The Hall–Kier alpha value is -1.35. The molecule has 1 spiro atoms. The molecule has 1 aromatic carbocycles. The second-order valence-corrected chi connectivity index (χ2v) is 11.5. The van der Waals surface area contributed by atoms with Crippen molar-refractivity contribution in [2.45, 2.75) is 89.1 Å². The molecule has 5 fully saturated rings. The summed E-state index contributed by atoms with van der Waals surface area (Å²) < 4.78 is 0. The van der Waals surface area contributed by atoms with Crippen LogP contribution in [0.25, 0.3) is 0 Å². The fourth-order valence-electron chi connectivity index (χ4n) is 9.53. The van der Waals surface area contributed by atoms with Crippen LogP contribution < -0.4 is 10.6 Å². The first kappa shape index (κ1) is 18.4. The van der Waals surface area contributed by atoms with Gasteiger partial charge < -0.3 is 10.6 Å². The maximum atomic E-state index is 13.9. The minimum Gasteiger partial charge on any atom is -0.353 e. The highest BCUT2D eigenvalue weighted by Crippen LogP contribution is 2.89. The van der Waals surface area contributed by atoms with E-state index in [-0.39, 0.29) is 10.8 Å². The first-order valence-electron chi connectivity index (χ1n) is 12.1. The number of benzene rings is 1. The maximum Gasteiger partial charge on any atom is 0.226 e. The molecule has 1 heterocycles. The van der Waals surface area contributed by atoms with Crippen LogP contribution in [0.1, 0.15) is 77.2 Å². The molecule has 3 unspecified atom stereocenters. The summed E-state index contributed by atoms with van der Waals surface area (Å²) in [6.07, 6.45) is 10.9. The lowest BCUT2D eigenvalue weighted by atomic mass is 9.36.